The normalized spacial score (nSPS) is 11.6. The van der Waals surface area contributed by atoms with Crippen LogP contribution in [0.25, 0.3) is 22.2 Å². The van der Waals surface area contributed by atoms with Crippen molar-refractivity contribution < 1.29 is 24.6 Å². The van der Waals surface area contributed by atoms with Gasteiger partial charge in [0.05, 0.1) is 24.2 Å². The summed E-state index contributed by atoms with van der Waals surface area (Å²) in [7, 11) is 0. The van der Waals surface area contributed by atoms with Crippen molar-refractivity contribution in [3.8, 4) is 11.3 Å². The van der Waals surface area contributed by atoms with Gasteiger partial charge >= 0.3 is 11.9 Å². The van der Waals surface area contributed by atoms with Crippen LogP contribution < -0.4 is 10.6 Å². The summed E-state index contributed by atoms with van der Waals surface area (Å²) in [4.78, 5) is 42.9. The van der Waals surface area contributed by atoms with Crippen LogP contribution in [0.1, 0.15) is 12.0 Å². The maximum atomic E-state index is 12.1. The number of carboxylic acids is 2. The Hall–Kier alpha value is -4.01. The van der Waals surface area contributed by atoms with Crippen LogP contribution in [0.5, 0.6) is 0 Å². The predicted molar refractivity (Wildman–Crippen MR) is 110 cm³/mol. The maximum Gasteiger partial charge on any atom is 0.326 e. The van der Waals surface area contributed by atoms with Gasteiger partial charge in [-0.1, -0.05) is 42.0 Å². The zero-order chi connectivity index (χ0) is 21.7. The minimum atomic E-state index is -1.52. The molecular formula is C21H20N4O5. The maximum absolute atomic E-state index is 12.1. The third-order valence-electron chi connectivity index (χ3n) is 4.32. The van der Waals surface area contributed by atoms with E-state index in [2.05, 4.69) is 20.6 Å². The average Bonchev–Trinajstić information content (AvgIpc) is 2.71. The second-order valence-corrected chi connectivity index (χ2v) is 6.69. The van der Waals surface area contributed by atoms with Gasteiger partial charge in [0, 0.05) is 10.9 Å². The van der Waals surface area contributed by atoms with Gasteiger partial charge in [-0.05, 0) is 19.1 Å². The van der Waals surface area contributed by atoms with Crippen LogP contribution >= 0.6 is 0 Å². The molecule has 4 N–H and O–H groups in total. The number of fused-ring (bicyclic) bond motifs is 1. The van der Waals surface area contributed by atoms with Gasteiger partial charge in [0.1, 0.15) is 6.04 Å². The Balaban J connectivity index is 1.83. The molecule has 9 heteroatoms. The van der Waals surface area contributed by atoms with E-state index in [1.807, 2.05) is 55.5 Å². The summed E-state index contributed by atoms with van der Waals surface area (Å²) in [5, 5.41) is 23.6. The van der Waals surface area contributed by atoms with Crippen molar-refractivity contribution in [1.29, 1.82) is 0 Å². The molecule has 2 aromatic carbocycles. The molecule has 0 bridgehead atoms. The number of rotatable bonds is 8. The molecule has 30 heavy (non-hydrogen) atoms. The van der Waals surface area contributed by atoms with Gasteiger partial charge in [0.2, 0.25) is 11.9 Å². The molecule has 154 valence electrons. The summed E-state index contributed by atoms with van der Waals surface area (Å²) >= 11 is 0. The Morgan fingerprint density at radius 1 is 1.03 bits per heavy atom. The second kappa shape index (κ2) is 8.99. The lowest BCUT2D eigenvalue weighted by Gasteiger charge is -2.14. The zero-order valence-electron chi connectivity index (χ0n) is 16.1. The molecule has 9 nitrogen and oxygen atoms in total. The lowest BCUT2D eigenvalue weighted by molar-refractivity contribution is -0.147. The van der Waals surface area contributed by atoms with Crippen LogP contribution in [0.2, 0.25) is 0 Å². The molecule has 0 saturated heterocycles. The third-order valence-corrected chi connectivity index (χ3v) is 4.32. The fourth-order valence-electron chi connectivity index (χ4n) is 2.92. The molecule has 1 aromatic heterocycles. The molecule has 0 aliphatic heterocycles. The van der Waals surface area contributed by atoms with Gasteiger partial charge in [-0.3, -0.25) is 9.59 Å². The van der Waals surface area contributed by atoms with E-state index in [9.17, 15) is 14.4 Å². The Bertz CT molecular complexity index is 1100. The van der Waals surface area contributed by atoms with E-state index in [1.165, 1.54) is 0 Å². The number of hydrogen-bond acceptors (Lipinski definition) is 6. The molecular weight excluding hydrogens is 388 g/mol. The van der Waals surface area contributed by atoms with Crippen molar-refractivity contribution in [2.75, 3.05) is 11.9 Å². The van der Waals surface area contributed by atoms with Crippen molar-refractivity contribution >= 4 is 34.7 Å². The number of aliphatic carboxylic acids is 2. The third kappa shape index (κ3) is 5.07. The summed E-state index contributed by atoms with van der Waals surface area (Å²) in [5.41, 5.74) is 3.32. The number of anilines is 1. The Morgan fingerprint density at radius 2 is 1.77 bits per heavy atom. The van der Waals surface area contributed by atoms with Crippen LogP contribution in [-0.4, -0.2) is 50.6 Å². The van der Waals surface area contributed by atoms with Crippen LogP contribution in [0.3, 0.4) is 0 Å². The number of aryl methyl sites for hydroxylation is 1. The minimum absolute atomic E-state index is 0.200. The molecule has 0 saturated carbocycles. The molecule has 0 fully saturated rings. The fourth-order valence-corrected chi connectivity index (χ4v) is 2.92. The number of carbonyl (C=O) groups is 3. The van der Waals surface area contributed by atoms with E-state index in [0.29, 0.717) is 11.2 Å². The Labute approximate surface area is 171 Å². The summed E-state index contributed by atoms with van der Waals surface area (Å²) in [5.74, 6) is -3.23. The summed E-state index contributed by atoms with van der Waals surface area (Å²) < 4.78 is 0. The summed E-state index contributed by atoms with van der Waals surface area (Å²) in [6.07, 6.45) is -0.717. The standard InChI is InChI=1S/C21H20N4O5/c1-12-7-8-15-14(9-12)19(13-5-3-2-4-6-13)25-21(24-15)22-11-17(26)23-16(20(29)30)10-18(27)28/h2-9,16H,10-11H2,1H3,(H,23,26)(H,27,28)(H,29,30)(H,22,24,25). The monoisotopic (exact) mass is 408 g/mol. The van der Waals surface area contributed by atoms with E-state index in [1.54, 1.807) is 0 Å². The first-order chi connectivity index (χ1) is 14.3. The van der Waals surface area contributed by atoms with E-state index >= 15 is 0 Å². The number of amides is 1. The number of carboxylic acid groups (broad SMARTS) is 2. The molecule has 1 heterocycles. The SMILES string of the molecule is Cc1ccc2nc(NCC(=O)NC(CC(=O)O)C(=O)O)nc(-c3ccccc3)c2c1. The quantitative estimate of drug-likeness (QED) is 0.444. The van der Waals surface area contributed by atoms with Crippen molar-refractivity contribution in [2.24, 2.45) is 0 Å². The van der Waals surface area contributed by atoms with Crippen molar-refractivity contribution in [1.82, 2.24) is 15.3 Å². The van der Waals surface area contributed by atoms with Gasteiger partial charge in [-0.2, -0.15) is 0 Å². The lowest BCUT2D eigenvalue weighted by atomic mass is 10.0. The van der Waals surface area contributed by atoms with E-state index in [0.717, 1.165) is 16.5 Å². The minimum Gasteiger partial charge on any atom is -0.481 e. The molecule has 1 unspecified atom stereocenters. The molecule has 0 spiro atoms. The van der Waals surface area contributed by atoms with Crippen LogP contribution in [0, 0.1) is 6.92 Å². The topological polar surface area (TPSA) is 142 Å². The second-order valence-electron chi connectivity index (χ2n) is 6.69. The first-order valence-electron chi connectivity index (χ1n) is 9.15. The van der Waals surface area contributed by atoms with Gasteiger partial charge in [0.25, 0.3) is 0 Å². The lowest BCUT2D eigenvalue weighted by Crippen LogP contribution is -2.44. The van der Waals surface area contributed by atoms with Crippen molar-refractivity contribution in [2.45, 2.75) is 19.4 Å². The van der Waals surface area contributed by atoms with Gasteiger partial charge < -0.3 is 20.8 Å². The predicted octanol–water partition coefficient (Wildman–Crippen LogP) is 2.06. The van der Waals surface area contributed by atoms with Crippen molar-refractivity contribution in [3.63, 3.8) is 0 Å². The molecule has 3 aromatic rings. The number of carbonyl (C=O) groups excluding carboxylic acids is 1. The molecule has 0 radical (unpaired) electrons. The average molecular weight is 408 g/mol. The highest BCUT2D eigenvalue weighted by atomic mass is 16.4. The van der Waals surface area contributed by atoms with Crippen LogP contribution in [0.15, 0.2) is 48.5 Å². The van der Waals surface area contributed by atoms with Crippen LogP contribution in [0.4, 0.5) is 5.95 Å². The van der Waals surface area contributed by atoms with Crippen LogP contribution in [-0.2, 0) is 14.4 Å². The molecule has 1 atom stereocenters. The summed E-state index contributed by atoms with van der Waals surface area (Å²) in [6, 6.07) is 13.8. The molecule has 0 aliphatic rings. The Morgan fingerprint density at radius 3 is 2.43 bits per heavy atom. The molecule has 3 rings (SSSR count). The number of benzene rings is 2. The van der Waals surface area contributed by atoms with Crippen molar-refractivity contribution in [3.05, 3.63) is 54.1 Å². The molecule has 0 aliphatic carbocycles. The summed E-state index contributed by atoms with van der Waals surface area (Å²) in [6.45, 7) is 1.66. The number of aromatic nitrogens is 2. The van der Waals surface area contributed by atoms with E-state index in [4.69, 9.17) is 10.2 Å². The largest absolute Gasteiger partial charge is 0.481 e. The first kappa shape index (κ1) is 20.7. The Kier molecular flexibility index (Phi) is 6.21. The van der Waals surface area contributed by atoms with E-state index < -0.39 is 30.3 Å². The smallest absolute Gasteiger partial charge is 0.326 e. The molecule has 1 amide bonds. The fraction of sp³-hybridized carbons (Fsp3) is 0.190. The van der Waals surface area contributed by atoms with Gasteiger partial charge in [-0.15, -0.1) is 0 Å². The number of hydrogen-bond donors (Lipinski definition) is 4. The van der Waals surface area contributed by atoms with E-state index in [-0.39, 0.29) is 12.5 Å². The van der Waals surface area contributed by atoms with Gasteiger partial charge in [-0.25, -0.2) is 14.8 Å². The highest BCUT2D eigenvalue weighted by molar-refractivity contribution is 5.94. The highest BCUT2D eigenvalue weighted by Gasteiger charge is 2.23. The van der Waals surface area contributed by atoms with Gasteiger partial charge in [0.15, 0.2) is 0 Å². The highest BCUT2D eigenvalue weighted by Crippen LogP contribution is 2.27. The first-order valence-corrected chi connectivity index (χ1v) is 9.15. The zero-order valence-corrected chi connectivity index (χ0v) is 16.1. The number of nitrogens with zero attached hydrogens (tertiary/aromatic N) is 2. The number of nitrogens with one attached hydrogen (secondary N) is 2.